The summed E-state index contributed by atoms with van der Waals surface area (Å²) in [6, 6.07) is 6.91. The molecule has 0 unspecified atom stereocenters. The maximum atomic E-state index is 12.4. The van der Waals surface area contributed by atoms with Crippen LogP contribution in [-0.2, 0) is 23.9 Å². The Bertz CT molecular complexity index is 855. The second-order valence-electron chi connectivity index (χ2n) is 6.15. The van der Waals surface area contributed by atoms with Crippen LogP contribution in [0.2, 0.25) is 0 Å². The topological polar surface area (TPSA) is 88.2 Å². The maximum absolute atomic E-state index is 12.4. The number of esters is 2. The van der Waals surface area contributed by atoms with Crippen LogP contribution >= 0.6 is 0 Å². The Morgan fingerprint density at radius 1 is 1.07 bits per heavy atom. The average Bonchev–Trinajstić information content (AvgIpc) is 2.89. The van der Waals surface area contributed by atoms with Crippen molar-refractivity contribution in [2.75, 3.05) is 45.1 Å². The number of nitrogens with one attached hydrogen (secondary N) is 1. The number of anilines is 2. The zero-order chi connectivity index (χ0) is 20.7. The van der Waals surface area contributed by atoms with Gasteiger partial charge in [0.2, 0.25) is 5.91 Å². The molecule has 0 atom stereocenters. The normalized spacial score (nSPS) is 13.4. The molecule has 1 aliphatic rings. The van der Waals surface area contributed by atoms with Crippen LogP contribution in [0.1, 0.15) is 0 Å². The van der Waals surface area contributed by atoms with E-state index in [1.165, 1.54) is 25.2 Å². The number of rotatable bonds is 6. The van der Waals surface area contributed by atoms with E-state index in [1.807, 2.05) is 0 Å². The number of ether oxygens (including phenoxy) is 2. The van der Waals surface area contributed by atoms with Gasteiger partial charge in [-0.05, 0) is 44.4 Å². The number of allylic oxidation sites excluding steroid dienone is 2. The lowest BCUT2D eigenvalue weighted by atomic mass is 10.1. The fourth-order valence-corrected chi connectivity index (χ4v) is 2.59. The first-order valence-electron chi connectivity index (χ1n) is 8.47. The Labute approximate surface area is 163 Å². The molecular formula is C20H23N3O5. The summed E-state index contributed by atoms with van der Waals surface area (Å²) in [7, 11) is 6.07. The smallest absolute Gasteiger partial charge is 0.355 e. The van der Waals surface area contributed by atoms with Crippen molar-refractivity contribution in [2.24, 2.45) is 0 Å². The van der Waals surface area contributed by atoms with Crippen LogP contribution in [0, 0.1) is 0 Å². The van der Waals surface area contributed by atoms with Gasteiger partial charge in [0.1, 0.15) is 5.70 Å². The first kappa shape index (κ1) is 20.9. The van der Waals surface area contributed by atoms with Crippen LogP contribution in [0.15, 0.2) is 60.0 Å². The van der Waals surface area contributed by atoms with E-state index in [9.17, 15) is 14.4 Å². The lowest BCUT2D eigenvalue weighted by Gasteiger charge is -2.23. The highest BCUT2D eigenvalue weighted by molar-refractivity contribution is 6.05. The SMILES string of the molecule is COC(=O)C1=C(C(=O)OC)N(c2cccc(NC(=O)CN(C)C)c2)C=CC=C1. The number of hydrogen-bond acceptors (Lipinski definition) is 7. The van der Waals surface area contributed by atoms with E-state index in [1.54, 1.807) is 61.6 Å². The largest absolute Gasteiger partial charge is 0.465 e. The summed E-state index contributed by atoms with van der Waals surface area (Å²) in [4.78, 5) is 39.9. The lowest BCUT2D eigenvalue weighted by molar-refractivity contribution is -0.139. The fraction of sp³-hybridized carbons (Fsp3) is 0.250. The van der Waals surface area contributed by atoms with E-state index in [2.05, 4.69) is 5.32 Å². The van der Waals surface area contributed by atoms with Gasteiger partial charge in [-0.2, -0.15) is 0 Å². The Kier molecular flexibility index (Phi) is 7.11. The van der Waals surface area contributed by atoms with Gasteiger partial charge < -0.3 is 24.6 Å². The van der Waals surface area contributed by atoms with E-state index < -0.39 is 11.9 Å². The number of amides is 1. The molecule has 1 aromatic carbocycles. The van der Waals surface area contributed by atoms with Gasteiger partial charge in [-0.25, -0.2) is 9.59 Å². The molecule has 0 aromatic heterocycles. The number of likely N-dealkylation sites (N-methyl/N-ethyl adjacent to an activating group) is 1. The number of benzene rings is 1. The molecule has 1 N–H and O–H groups in total. The highest BCUT2D eigenvalue weighted by atomic mass is 16.5. The molecule has 0 saturated carbocycles. The van der Waals surface area contributed by atoms with Gasteiger partial charge in [0, 0.05) is 17.6 Å². The molecule has 8 nitrogen and oxygen atoms in total. The lowest BCUT2D eigenvalue weighted by Crippen LogP contribution is -2.28. The molecule has 148 valence electrons. The first-order valence-corrected chi connectivity index (χ1v) is 8.47. The molecule has 0 aliphatic carbocycles. The highest BCUT2D eigenvalue weighted by Crippen LogP contribution is 2.28. The van der Waals surface area contributed by atoms with Crippen molar-refractivity contribution in [2.45, 2.75) is 0 Å². The molecule has 0 spiro atoms. The van der Waals surface area contributed by atoms with Crippen LogP contribution in [0.25, 0.3) is 0 Å². The molecule has 28 heavy (non-hydrogen) atoms. The van der Waals surface area contributed by atoms with E-state index in [0.717, 1.165) is 0 Å². The molecular weight excluding hydrogens is 362 g/mol. The Balaban J connectivity index is 2.46. The van der Waals surface area contributed by atoms with E-state index in [0.29, 0.717) is 11.4 Å². The van der Waals surface area contributed by atoms with Crippen LogP contribution in [0.3, 0.4) is 0 Å². The number of carbonyl (C=O) groups excluding carboxylic acids is 3. The summed E-state index contributed by atoms with van der Waals surface area (Å²) < 4.78 is 9.67. The summed E-state index contributed by atoms with van der Waals surface area (Å²) in [5, 5.41) is 2.80. The minimum Gasteiger partial charge on any atom is -0.465 e. The average molecular weight is 385 g/mol. The van der Waals surface area contributed by atoms with Gasteiger partial charge in [-0.1, -0.05) is 12.1 Å². The van der Waals surface area contributed by atoms with Crippen LogP contribution in [0.5, 0.6) is 0 Å². The maximum Gasteiger partial charge on any atom is 0.355 e. The van der Waals surface area contributed by atoms with Crippen molar-refractivity contribution < 1.29 is 23.9 Å². The Morgan fingerprint density at radius 3 is 2.43 bits per heavy atom. The van der Waals surface area contributed by atoms with Crippen LogP contribution in [-0.4, -0.2) is 57.6 Å². The molecule has 1 amide bonds. The second-order valence-corrected chi connectivity index (χ2v) is 6.15. The number of carbonyl (C=O) groups is 3. The van der Waals surface area contributed by atoms with Gasteiger partial charge in [-0.3, -0.25) is 4.79 Å². The van der Waals surface area contributed by atoms with Crippen molar-refractivity contribution in [1.29, 1.82) is 0 Å². The molecule has 0 saturated heterocycles. The first-order chi connectivity index (χ1) is 13.4. The Morgan fingerprint density at radius 2 is 1.79 bits per heavy atom. The highest BCUT2D eigenvalue weighted by Gasteiger charge is 2.27. The quantitative estimate of drug-likeness (QED) is 0.746. The molecule has 1 aromatic rings. The van der Waals surface area contributed by atoms with E-state index >= 15 is 0 Å². The predicted octanol–water partition coefficient (Wildman–Crippen LogP) is 1.68. The summed E-state index contributed by atoms with van der Waals surface area (Å²) in [6.07, 6.45) is 6.41. The van der Waals surface area contributed by atoms with Crippen molar-refractivity contribution in [3.63, 3.8) is 0 Å². The summed E-state index contributed by atoms with van der Waals surface area (Å²) in [6.45, 7) is 0.234. The van der Waals surface area contributed by atoms with E-state index in [-0.39, 0.29) is 23.7 Å². The Hall–Kier alpha value is -3.39. The zero-order valence-corrected chi connectivity index (χ0v) is 16.3. The summed E-state index contributed by atoms with van der Waals surface area (Å²) in [5.74, 6) is -1.53. The molecule has 2 rings (SSSR count). The summed E-state index contributed by atoms with van der Waals surface area (Å²) in [5.41, 5.74) is 1.18. The third kappa shape index (κ3) is 5.08. The van der Waals surface area contributed by atoms with Crippen molar-refractivity contribution in [3.05, 3.63) is 60.0 Å². The van der Waals surface area contributed by atoms with Crippen LogP contribution in [0.4, 0.5) is 11.4 Å². The van der Waals surface area contributed by atoms with E-state index in [4.69, 9.17) is 9.47 Å². The van der Waals surface area contributed by atoms with Gasteiger partial charge in [0.25, 0.3) is 0 Å². The monoisotopic (exact) mass is 385 g/mol. The molecule has 8 heteroatoms. The van der Waals surface area contributed by atoms with Gasteiger partial charge in [-0.15, -0.1) is 0 Å². The van der Waals surface area contributed by atoms with Crippen molar-refractivity contribution in [1.82, 2.24) is 4.90 Å². The third-order valence-corrected chi connectivity index (χ3v) is 3.76. The second kappa shape index (κ2) is 9.52. The molecule has 1 aliphatic heterocycles. The van der Waals surface area contributed by atoms with Crippen LogP contribution < -0.4 is 10.2 Å². The number of nitrogens with zero attached hydrogens (tertiary/aromatic N) is 2. The van der Waals surface area contributed by atoms with Gasteiger partial charge >= 0.3 is 11.9 Å². The number of methoxy groups -OCH3 is 2. The number of hydrogen-bond donors (Lipinski definition) is 1. The summed E-state index contributed by atoms with van der Waals surface area (Å²) >= 11 is 0. The minimum absolute atomic E-state index is 0.0103. The third-order valence-electron chi connectivity index (χ3n) is 3.76. The fourth-order valence-electron chi connectivity index (χ4n) is 2.59. The molecule has 1 heterocycles. The minimum atomic E-state index is -0.696. The van der Waals surface area contributed by atoms with Gasteiger partial charge in [0.05, 0.1) is 26.3 Å². The van der Waals surface area contributed by atoms with Gasteiger partial charge in [0.15, 0.2) is 0 Å². The standard InChI is InChI=1S/C20H23N3O5/c1-22(2)13-17(24)21-14-8-7-9-15(12-14)23-11-6-5-10-16(19(25)27-3)18(23)20(26)28-4/h5-12H,13H2,1-4H3,(H,21,24). The zero-order valence-electron chi connectivity index (χ0n) is 16.3. The molecule has 0 fully saturated rings. The van der Waals surface area contributed by atoms with Crippen molar-refractivity contribution >= 4 is 29.2 Å². The predicted molar refractivity (Wildman–Crippen MR) is 105 cm³/mol. The molecule has 0 radical (unpaired) electrons. The molecule has 0 bridgehead atoms. The van der Waals surface area contributed by atoms with Crippen molar-refractivity contribution in [3.8, 4) is 0 Å².